The Hall–Kier alpha value is -4.75. The van der Waals surface area contributed by atoms with Crippen LogP contribution in [-0.2, 0) is 11.8 Å². The molecular weight excluding hydrogens is 534 g/mol. The zero-order chi connectivity index (χ0) is 28.9. The molecule has 41 heavy (non-hydrogen) atoms. The van der Waals surface area contributed by atoms with Crippen molar-refractivity contribution in [2.45, 2.75) is 25.8 Å². The van der Waals surface area contributed by atoms with Crippen molar-refractivity contribution in [1.29, 1.82) is 0 Å². The van der Waals surface area contributed by atoms with Gasteiger partial charge in [0.25, 0.3) is 5.91 Å². The van der Waals surface area contributed by atoms with Gasteiger partial charge in [0.05, 0.1) is 5.02 Å². The second-order valence-electron chi connectivity index (χ2n) is 9.92. The van der Waals surface area contributed by atoms with E-state index in [1.165, 1.54) is 4.68 Å². The predicted molar refractivity (Wildman–Crippen MR) is 162 cm³/mol. The van der Waals surface area contributed by atoms with Gasteiger partial charge >= 0.3 is 0 Å². The average Bonchev–Trinajstić information content (AvgIpc) is 3.40. The van der Waals surface area contributed by atoms with Gasteiger partial charge < -0.3 is 10.6 Å². The topological polar surface area (TPSA) is 88.9 Å². The third-order valence-corrected chi connectivity index (χ3v) is 7.42. The largest absolute Gasteiger partial charge is 0.338 e. The number of amides is 2. The Morgan fingerprint density at radius 3 is 2.00 bits per heavy atom. The Morgan fingerprint density at radius 1 is 0.854 bits per heavy atom. The minimum Gasteiger partial charge on any atom is -0.338 e. The first-order chi connectivity index (χ1) is 19.8. The summed E-state index contributed by atoms with van der Waals surface area (Å²) in [6.07, 6.45) is 5.15. The van der Waals surface area contributed by atoms with Crippen LogP contribution in [0.1, 0.15) is 38.7 Å². The molecule has 1 atom stereocenters. The fourth-order valence-corrected chi connectivity index (χ4v) is 5.43. The van der Waals surface area contributed by atoms with E-state index < -0.39 is 17.9 Å². The van der Waals surface area contributed by atoms with Crippen LogP contribution in [0.3, 0.4) is 0 Å². The summed E-state index contributed by atoms with van der Waals surface area (Å²) in [5.74, 6) is -1.25. The number of carbonyl (C=O) groups is 2. The number of nitrogens with one attached hydrogen (secondary N) is 2. The zero-order valence-electron chi connectivity index (χ0n) is 23.0. The number of aromatic nitrogens is 3. The van der Waals surface area contributed by atoms with Crippen molar-refractivity contribution in [3.63, 3.8) is 0 Å². The second kappa shape index (κ2) is 12.2. The number of nitrogens with zero attached hydrogens (tertiary/aromatic N) is 3. The highest BCUT2D eigenvalue weighted by Gasteiger charge is 2.33. The molecule has 3 aromatic carbocycles. The van der Waals surface area contributed by atoms with Crippen LogP contribution in [-0.4, -0.2) is 32.6 Å². The van der Waals surface area contributed by atoms with Crippen LogP contribution in [0, 0.1) is 13.8 Å². The molecule has 2 N–H and O–H groups in total. The highest BCUT2D eigenvalue weighted by atomic mass is 35.5. The number of halogens is 1. The first-order valence-corrected chi connectivity index (χ1v) is 13.6. The minimum atomic E-state index is -0.953. The minimum absolute atomic E-state index is 0.346. The van der Waals surface area contributed by atoms with Crippen LogP contribution in [0.15, 0.2) is 104 Å². The van der Waals surface area contributed by atoms with E-state index in [1.807, 2.05) is 86.6 Å². The summed E-state index contributed by atoms with van der Waals surface area (Å²) in [5, 5.41) is 10.6. The molecule has 0 saturated carbocycles. The van der Waals surface area contributed by atoms with Crippen molar-refractivity contribution in [2.75, 3.05) is 5.32 Å². The van der Waals surface area contributed by atoms with Crippen molar-refractivity contribution in [3.05, 3.63) is 136 Å². The van der Waals surface area contributed by atoms with Crippen molar-refractivity contribution >= 4 is 29.1 Å². The first kappa shape index (κ1) is 27.8. The molecular formula is C33H30ClN5O2. The molecule has 2 aromatic heterocycles. The van der Waals surface area contributed by atoms with Gasteiger partial charge in [-0.3, -0.25) is 19.3 Å². The summed E-state index contributed by atoms with van der Waals surface area (Å²) in [5.41, 5.74) is 6.53. The van der Waals surface area contributed by atoms with Gasteiger partial charge in [-0.15, -0.1) is 0 Å². The quantitative estimate of drug-likeness (QED) is 0.231. The zero-order valence-corrected chi connectivity index (χ0v) is 23.8. The molecule has 2 amide bonds. The highest BCUT2D eigenvalue weighted by molar-refractivity contribution is 6.33. The molecule has 0 aliphatic rings. The number of hydrogen-bond donors (Lipinski definition) is 2. The van der Waals surface area contributed by atoms with Crippen LogP contribution in [0.2, 0.25) is 5.02 Å². The molecule has 0 saturated heterocycles. The van der Waals surface area contributed by atoms with Gasteiger partial charge in [0.15, 0.2) is 0 Å². The molecule has 0 aliphatic heterocycles. The fourth-order valence-electron chi connectivity index (χ4n) is 5.15. The molecule has 5 rings (SSSR count). The second-order valence-corrected chi connectivity index (χ2v) is 10.3. The third-order valence-electron chi connectivity index (χ3n) is 7.10. The number of benzene rings is 3. The lowest BCUT2D eigenvalue weighted by Gasteiger charge is -2.28. The molecule has 0 bridgehead atoms. The summed E-state index contributed by atoms with van der Waals surface area (Å²) < 4.78 is 1.48. The van der Waals surface area contributed by atoms with Crippen LogP contribution in [0.25, 0.3) is 11.1 Å². The van der Waals surface area contributed by atoms with Crippen LogP contribution < -0.4 is 10.6 Å². The number of anilines is 1. The van der Waals surface area contributed by atoms with E-state index in [-0.39, 0.29) is 5.91 Å². The summed E-state index contributed by atoms with van der Waals surface area (Å²) in [6, 6.07) is 25.5. The third kappa shape index (κ3) is 6.05. The van der Waals surface area contributed by atoms with Gasteiger partial charge in [-0.2, -0.15) is 5.10 Å². The van der Waals surface area contributed by atoms with Crippen LogP contribution in [0.4, 0.5) is 5.69 Å². The molecule has 0 aliphatic carbocycles. The van der Waals surface area contributed by atoms with Crippen LogP contribution >= 0.6 is 11.6 Å². The highest BCUT2D eigenvalue weighted by Crippen LogP contribution is 2.35. The molecule has 0 spiro atoms. The number of rotatable bonds is 8. The Balaban J connectivity index is 1.52. The maximum Gasteiger partial charge on any atom is 0.270 e. The molecule has 206 valence electrons. The van der Waals surface area contributed by atoms with Crippen molar-refractivity contribution in [2.24, 2.45) is 7.05 Å². The summed E-state index contributed by atoms with van der Waals surface area (Å²) in [6.45, 7) is 3.98. The Morgan fingerprint density at radius 2 is 1.46 bits per heavy atom. The molecule has 7 nitrogen and oxygen atoms in total. The van der Waals surface area contributed by atoms with E-state index >= 15 is 0 Å². The molecule has 0 radical (unpaired) electrons. The summed E-state index contributed by atoms with van der Waals surface area (Å²) >= 11 is 6.74. The number of pyridine rings is 1. The molecule has 2 heterocycles. The van der Waals surface area contributed by atoms with E-state index in [1.54, 1.807) is 37.8 Å². The standard InChI is InChI=1S/C33H30ClN5O2/c1-21-19-35-20-22(2)29(21)26-15-14-25(18-27(26)34)37-33(41)31(38-32(40)28-16-17-36-39(28)3)30(23-10-6-4-7-11-23)24-12-8-5-9-13-24/h4-20,30-31H,1-3H3,(H,37,41)(H,38,40)/t31-/m0/s1. The molecule has 5 aromatic rings. The summed E-state index contributed by atoms with van der Waals surface area (Å²) in [7, 11) is 1.69. The maximum atomic E-state index is 14.1. The van der Waals surface area contributed by atoms with Crippen LogP contribution in [0.5, 0.6) is 0 Å². The smallest absolute Gasteiger partial charge is 0.270 e. The fraction of sp³-hybridized carbons (Fsp3) is 0.152. The van der Waals surface area contributed by atoms with Crippen molar-refractivity contribution in [1.82, 2.24) is 20.1 Å². The first-order valence-electron chi connectivity index (χ1n) is 13.2. The van der Waals surface area contributed by atoms with Crippen molar-refractivity contribution < 1.29 is 9.59 Å². The normalized spacial score (nSPS) is 11.7. The molecule has 0 fully saturated rings. The number of aryl methyl sites for hydroxylation is 3. The molecule has 8 heteroatoms. The van der Waals surface area contributed by atoms with Gasteiger partial charge in [0.2, 0.25) is 5.91 Å². The van der Waals surface area contributed by atoms with Gasteiger partial charge in [-0.05, 0) is 59.9 Å². The maximum absolute atomic E-state index is 14.1. The van der Waals surface area contributed by atoms with Gasteiger partial charge in [-0.25, -0.2) is 0 Å². The Labute approximate surface area is 244 Å². The lowest BCUT2D eigenvalue weighted by molar-refractivity contribution is -0.118. The van der Waals surface area contributed by atoms with Gasteiger partial charge in [-0.1, -0.05) is 78.3 Å². The van der Waals surface area contributed by atoms with E-state index in [4.69, 9.17) is 11.6 Å². The number of carbonyl (C=O) groups excluding carboxylic acids is 2. The predicted octanol–water partition coefficient (Wildman–Crippen LogP) is 6.32. The number of hydrogen-bond acceptors (Lipinski definition) is 4. The van der Waals surface area contributed by atoms with Crippen molar-refractivity contribution in [3.8, 4) is 11.1 Å². The van der Waals surface area contributed by atoms with E-state index in [2.05, 4.69) is 20.7 Å². The average molecular weight is 564 g/mol. The van der Waals surface area contributed by atoms with Gasteiger partial charge in [0.1, 0.15) is 11.7 Å². The summed E-state index contributed by atoms with van der Waals surface area (Å²) in [4.78, 5) is 31.7. The monoisotopic (exact) mass is 563 g/mol. The SMILES string of the molecule is Cc1cncc(C)c1-c1ccc(NC(=O)[C@@H](NC(=O)c2ccnn2C)C(c2ccccc2)c2ccccc2)cc1Cl. The molecule has 0 unspecified atom stereocenters. The van der Waals surface area contributed by atoms with Gasteiger partial charge in [0, 0.05) is 42.8 Å². The lowest BCUT2D eigenvalue weighted by Crippen LogP contribution is -2.48. The Bertz CT molecular complexity index is 1630. The lowest BCUT2D eigenvalue weighted by atomic mass is 9.84. The van der Waals surface area contributed by atoms with E-state index in [0.717, 1.165) is 33.4 Å². The van der Waals surface area contributed by atoms with E-state index in [9.17, 15) is 9.59 Å². The van der Waals surface area contributed by atoms with E-state index in [0.29, 0.717) is 16.4 Å². The Kier molecular flexibility index (Phi) is 8.26.